The molecule has 2 fully saturated rings. The number of ether oxygens (including phenoxy) is 3. The van der Waals surface area contributed by atoms with Gasteiger partial charge >= 0.3 is 0 Å². The fraction of sp³-hybridized carbons (Fsp3) is 0.444. The van der Waals surface area contributed by atoms with Crippen LogP contribution in [0, 0.1) is 6.92 Å². The van der Waals surface area contributed by atoms with Crippen molar-refractivity contribution in [1.82, 2.24) is 4.98 Å². The van der Waals surface area contributed by atoms with Gasteiger partial charge in [0.05, 0.1) is 35.4 Å². The smallest absolute Gasteiger partial charge is 0.231 e. The third-order valence-electron chi connectivity index (χ3n) is 7.85. The van der Waals surface area contributed by atoms with Crippen molar-refractivity contribution in [1.29, 1.82) is 0 Å². The van der Waals surface area contributed by atoms with E-state index in [4.69, 9.17) is 14.2 Å². The van der Waals surface area contributed by atoms with E-state index in [-0.39, 0.29) is 5.75 Å². The van der Waals surface area contributed by atoms with Gasteiger partial charge in [0, 0.05) is 5.56 Å². The summed E-state index contributed by atoms with van der Waals surface area (Å²) in [7, 11) is 0. The number of rotatable bonds is 4. The summed E-state index contributed by atoms with van der Waals surface area (Å²) < 4.78 is 17.8. The summed E-state index contributed by atoms with van der Waals surface area (Å²) >= 11 is 0. The summed E-state index contributed by atoms with van der Waals surface area (Å²) in [6, 6.07) is 13.1. The molecule has 4 heterocycles. The number of aliphatic hydroxyl groups excluding tert-OH is 5. The number of aliphatic hydroxyl groups is 5. The highest BCUT2D eigenvalue weighted by Gasteiger charge is 2.55. The zero-order valence-electron chi connectivity index (χ0n) is 20.1. The lowest BCUT2D eigenvalue weighted by molar-refractivity contribution is -0.277. The molecule has 6 N–H and O–H groups in total. The van der Waals surface area contributed by atoms with Crippen LogP contribution in [0.2, 0.25) is 0 Å². The van der Waals surface area contributed by atoms with E-state index in [2.05, 4.69) is 4.98 Å². The molecular formula is C27H29NO9. The molecule has 0 saturated carbocycles. The van der Waals surface area contributed by atoms with E-state index in [9.17, 15) is 30.3 Å². The third kappa shape index (κ3) is 3.48. The summed E-state index contributed by atoms with van der Waals surface area (Å²) in [4.78, 5) is 17.1. The van der Waals surface area contributed by atoms with Gasteiger partial charge in [-0.15, -0.1) is 0 Å². The quantitative estimate of drug-likeness (QED) is 0.293. The van der Waals surface area contributed by atoms with Crippen molar-refractivity contribution >= 4 is 10.9 Å². The van der Waals surface area contributed by atoms with Gasteiger partial charge in [0.25, 0.3) is 0 Å². The van der Waals surface area contributed by atoms with Crippen LogP contribution in [0.4, 0.5) is 0 Å². The van der Waals surface area contributed by atoms with Crippen molar-refractivity contribution < 1.29 is 39.7 Å². The maximum Gasteiger partial charge on any atom is 0.231 e. The molecule has 0 aliphatic carbocycles. The number of benzene rings is 2. The summed E-state index contributed by atoms with van der Waals surface area (Å²) in [5.41, 5.74) is 1.56. The predicted octanol–water partition coefficient (Wildman–Crippen LogP) is 0.485. The first-order valence-electron chi connectivity index (χ1n) is 12.4. The Kier molecular flexibility index (Phi) is 5.88. The molecule has 0 amide bonds. The average molecular weight is 512 g/mol. The van der Waals surface area contributed by atoms with Gasteiger partial charge in [0.2, 0.25) is 11.7 Å². The number of aromatic nitrogens is 1. The van der Waals surface area contributed by atoms with Crippen LogP contribution in [0.1, 0.15) is 41.3 Å². The van der Waals surface area contributed by atoms with Crippen molar-refractivity contribution in [3.8, 4) is 5.75 Å². The van der Waals surface area contributed by atoms with Gasteiger partial charge in [0.1, 0.15) is 30.0 Å². The molecule has 37 heavy (non-hydrogen) atoms. The third-order valence-corrected chi connectivity index (χ3v) is 7.85. The molecule has 0 spiro atoms. The number of hydrogen-bond acceptors (Lipinski definition) is 9. The minimum atomic E-state index is -1.66. The Labute approximate surface area is 211 Å². The first-order valence-corrected chi connectivity index (χ1v) is 12.4. The van der Waals surface area contributed by atoms with Crippen LogP contribution in [0.3, 0.4) is 0 Å². The van der Waals surface area contributed by atoms with Crippen LogP contribution in [0.25, 0.3) is 10.9 Å². The van der Waals surface area contributed by atoms with E-state index < -0.39 is 60.6 Å². The minimum absolute atomic E-state index is 0.124. The number of aryl methyl sites for hydroxylation is 1. The topological polar surface area (TPSA) is 162 Å². The fourth-order valence-corrected chi connectivity index (χ4v) is 6.01. The lowest BCUT2D eigenvalue weighted by Gasteiger charge is -2.39. The molecule has 0 unspecified atom stereocenters. The predicted molar refractivity (Wildman–Crippen MR) is 130 cm³/mol. The van der Waals surface area contributed by atoms with E-state index in [0.29, 0.717) is 40.6 Å². The minimum Gasteiger partial charge on any atom is -0.456 e. The molecule has 2 bridgehead atoms. The number of fused-ring (bicyclic) bond motifs is 7. The molecule has 2 aromatic carbocycles. The number of nitrogens with one attached hydrogen (secondary N) is 1. The standard InChI is InChI=1S/C27H29NO9/c1-12-25(36-26-24(34)23(33)21(31)17(11-29)35-26)22(32)20-15(28-12)8-7-14-19(20)16-9-10-18(30)27(14,37-16)13-5-3-2-4-6-13/h2-8,16-18,21,23-24,26,29-31,33-34H,9-11H2,1H3,(H,28,32)/t16-,17+,18-,21+,23-,24+,26-,27-/m0/s1. The Bertz CT molecular complexity index is 1390. The Morgan fingerprint density at radius 2 is 1.78 bits per heavy atom. The summed E-state index contributed by atoms with van der Waals surface area (Å²) in [5, 5.41) is 51.7. The van der Waals surface area contributed by atoms with Gasteiger partial charge in [0.15, 0.2) is 5.75 Å². The number of pyridine rings is 1. The largest absolute Gasteiger partial charge is 0.456 e. The molecule has 3 aromatic rings. The molecule has 10 nitrogen and oxygen atoms in total. The summed E-state index contributed by atoms with van der Waals surface area (Å²) in [6.07, 6.45) is -7.73. The van der Waals surface area contributed by atoms with Gasteiger partial charge in [-0.3, -0.25) is 4.79 Å². The van der Waals surface area contributed by atoms with Crippen molar-refractivity contribution in [3.63, 3.8) is 0 Å². The number of aromatic amines is 1. The maximum atomic E-state index is 13.9. The second kappa shape index (κ2) is 8.88. The monoisotopic (exact) mass is 511 g/mol. The molecule has 6 rings (SSSR count). The second-order valence-corrected chi connectivity index (χ2v) is 9.97. The van der Waals surface area contributed by atoms with E-state index in [1.54, 1.807) is 13.0 Å². The number of hydrogen-bond donors (Lipinski definition) is 6. The Morgan fingerprint density at radius 3 is 2.51 bits per heavy atom. The van der Waals surface area contributed by atoms with Gasteiger partial charge < -0.3 is 44.7 Å². The maximum absolute atomic E-state index is 13.9. The molecule has 3 aliphatic rings. The summed E-state index contributed by atoms with van der Waals surface area (Å²) in [5.74, 6) is -0.124. The van der Waals surface area contributed by atoms with Crippen molar-refractivity contribution in [2.45, 2.75) is 68.3 Å². The van der Waals surface area contributed by atoms with Crippen molar-refractivity contribution in [3.05, 3.63) is 75.1 Å². The van der Waals surface area contributed by atoms with Crippen LogP contribution < -0.4 is 10.2 Å². The van der Waals surface area contributed by atoms with Crippen LogP contribution in [0.15, 0.2) is 47.3 Å². The highest BCUT2D eigenvalue weighted by molar-refractivity contribution is 5.87. The molecule has 2 saturated heterocycles. The highest BCUT2D eigenvalue weighted by Crippen LogP contribution is 2.56. The molecule has 8 atom stereocenters. The van der Waals surface area contributed by atoms with E-state index in [1.165, 1.54) is 0 Å². The van der Waals surface area contributed by atoms with Gasteiger partial charge in [-0.25, -0.2) is 0 Å². The molecule has 196 valence electrons. The first-order chi connectivity index (χ1) is 17.8. The lowest BCUT2D eigenvalue weighted by Crippen LogP contribution is -2.60. The molecule has 1 aromatic heterocycles. The van der Waals surface area contributed by atoms with Crippen LogP contribution in [0.5, 0.6) is 5.75 Å². The highest BCUT2D eigenvalue weighted by atomic mass is 16.7. The zero-order chi connectivity index (χ0) is 26.1. The Hall–Kier alpha value is -2.83. The van der Waals surface area contributed by atoms with Crippen molar-refractivity contribution in [2.75, 3.05) is 6.61 Å². The van der Waals surface area contributed by atoms with Crippen LogP contribution in [-0.2, 0) is 15.1 Å². The lowest BCUT2D eigenvalue weighted by atomic mass is 9.80. The molecule has 0 radical (unpaired) electrons. The zero-order valence-corrected chi connectivity index (χ0v) is 20.1. The van der Waals surface area contributed by atoms with Gasteiger partial charge in [-0.05, 0) is 37.0 Å². The average Bonchev–Trinajstić information content (AvgIpc) is 3.19. The number of H-pyrrole nitrogens is 1. The summed E-state index contributed by atoms with van der Waals surface area (Å²) in [6.45, 7) is 1.02. The van der Waals surface area contributed by atoms with Gasteiger partial charge in [-0.1, -0.05) is 36.4 Å². The van der Waals surface area contributed by atoms with E-state index in [0.717, 1.165) is 5.56 Å². The Morgan fingerprint density at radius 1 is 1.03 bits per heavy atom. The first kappa shape index (κ1) is 24.5. The molecule has 3 aliphatic heterocycles. The fourth-order valence-electron chi connectivity index (χ4n) is 6.01. The molecular weight excluding hydrogens is 482 g/mol. The SMILES string of the molecule is Cc1[nH]c2ccc3c(c2c(=O)c1O[C@@H]1O[C@H](CO)[C@@H](O)[C@H](O)[C@H]1O)[C@@H]1CC[C@H](O)[C@@]3(c2ccccc2)O1. The van der Waals surface area contributed by atoms with Gasteiger partial charge in [-0.2, -0.15) is 0 Å². The van der Waals surface area contributed by atoms with Crippen LogP contribution in [-0.4, -0.2) is 73.9 Å². The van der Waals surface area contributed by atoms with E-state index >= 15 is 0 Å². The van der Waals surface area contributed by atoms with E-state index in [1.807, 2.05) is 36.4 Å². The van der Waals surface area contributed by atoms with Crippen molar-refractivity contribution in [2.24, 2.45) is 0 Å². The molecule has 10 heteroatoms. The normalized spacial score (nSPS) is 34.9. The van der Waals surface area contributed by atoms with Crippen LogP contribution >= 0.6 is 0 Å². The Balaban J connectivity index is 1.50. The second-order valence-electron chi connectivity index (χ2n) is 9.97.